The zero-order valence-corrected chi connectivity index (χ0v) is 12.6. The Morgan fingerprint density at radius 1 is 1.48 bits per heavy atom. The number of para-hydroxylation sites is 1. The average molecular weight is 289 g/mol. The van der Waals surface area contributed by atoms with Crippen molar-refractivity contribution < 1.29 is 9.53 Å². The van der Waals surface area contributed by atoms with Crippen LogP contribution in [0.2, 0.25) is 0 Å². The van der Waals surface area contributed by atoms with E-state index in [1.54, 1.807) is 26.0 Å². The van der Waals surface area contributed by atoms with Gasteiger partial charge in [-0.05, 0) is 38.8 Å². The molecule has 0 bridgehead atoms. The highest BCUT2D eigenvalue weighted by atomic mass is 16.5. The lowest BCUT2D eigenvalue weighted by atomic mass is 10.1. The summed E-state index contributed by atoms with van der Waals surface area (Å²) in [7, 11) is 0. The normalized spacial score (nSPS) is 19.5. The fraction of sp³-hybridized carbons (Fsp3) is 0.438. The molecule has 1 saturated heterocycles. The van der Waals surface area contributed by atoms with E-state index in [0.717, 1.165) is 31.6 Å². The minimum absolute atomic E-state index is 0.162. The van der Waals surface area contributed by atoms with Gasteiger partial charge in [-0.1, -0.05) is 12.1 Å². The Hall–Kier alpha value is -2.01. The van der Waals surface area contributed by atoms with E-state index in [1.165, 1.54) is 0 Å². The second-order valence-electron chi connectivity index (χ2n) is 5.40. The molecule has 0 unspecified atom stereocenters. The fourth-order valence-electron chi connectivity index (χ4n) is 2.42. The molecule has 0 radical (unpaired) electrons. The van der Waals surface area contributed by atoms with E-state index in [4.69, 9.17) is 16.2 Å². The van der Waals surface area contributed by atoms with Crippen LogP contribution in [0.5, 0.6) is 5.75 Å². The Morgan fingerprint density at radius 3 is 2.90 bits per heavy atom. The summed E-state index contributed by atoms with van der Waals surface area (Å²) in [6.07, 6.45) is 3.79. The quantitative estimate of drug-likeness (QED) is 0.385. The molecule has 4 N–H and O–H groups in total. The Kier molecular flexibility index (Phi) is 4.85. The van der Waals surface area contributed by atoms with Gasteiger partial charge in [-0.25, -0.2) is 4.79 Å². The topological polar surface area (TPSA) is 81.6 Å². The summed E-state index contributed by atoms with van der Waals surface area (Å²) in [6.45, 7) is 5.20. The first-order chi connectivity index (χ1) is 10.0. The molecule has 21 heavy (non-hydrogen) atoms. The number of carbonyl (C=O) groups is 1. The van der Waals surface area contributed by atoms with Crippen molar-refractivity contribution in [3.8, 4) is 5.75 Å². The van der Waals surface area contributed by atoms with Crippen molar-refractivity contribution >= 4 is 17.3 Å². The van der Waals surface area contributed by atoms with Gasteiger partial charge in [0.25, 0.3) is 0 Å². The van der Waals surface area contributed by atoms with Crippen molar-refractivity contribution in [1.29, 1.82) is 0 Å². The molecule has 0 saturated carbocycles. The maximum Gasteiger partial charge on any atom is 0.338 e. The van der Waals surface area contributed by atoms with Crippen LogP contribution >= 0.6 is 0 Å². The van der Waals surface area contributed by atoms with Crippen LogP contribution in [-0.4, -0.2) is 25.1 Å². The van der Waals surface area contributed by atoms with Gasteiger partial charge in [0, 0.05) is 24.7 Å². The molecule has 0 aromatic heterocycles. The van der Waals surface area contributed by atoms with E-state index in [9.17, 15) is 4.79 Å². The number of nitrogens with zero attached hydrogens (tertiary/aromatic N) is 1. The number of carbonyl (C=O) groups excluding carboxylic acids is 1. The van der Waals surface area contributed by atoms with Crippen molar-refractivity contribution in [2.24, 2.45) is 5.73 Å². The number of esters is 1. The number of hydrogen-bond acceptors (Lipinski definition) is 5. The summed E-state index contributed by atoms with van der Waals surface area (Å²) < 4.78 is 5.37. The van der Waals surface area contributed by atoms with E-state index >= 15 is 0 Å². The second-order valence-corrected chi connectivity index (χ2v) is 5.40. The molecule has 1 fully saturated rings. The number of ether oxygens (including phenoxy) is 1. The number of benzene rings is 1. The summed E-state index contributed by atoms with van der Waals surface area (Å²) in [5, 5.41) is 0. The Morgan fingerprint density at radius 2 is 2.24 bits per heavy atom. The smallest absolute Gasteiger partial charge is 0.338 e. The maximum absolute atomic E-state index is 11.9. The van der Waals surface area contributed by atoms with Crippen molar-refractivity contribution in [1.82, 2.24) is 0 Å². The first-order valence-corrected chi connectivity index (χ1v) is 7.27. The molecule has 5 heteroatoms. The standard InChI is InChI=1S/C16H23N3O2/c1-3-11(2)16(20)21-14-8-4-7-13(15(14)18)19-9-5-6-12(17)10-19/h3-4,7-8,12H,5-6,9-10,17-18H2,1-2H3/t12-/m1/s1. The average Bonchev–Trinajstić information content (AvgIpc) is 2.48. The highest BCUT2D eigenvalue weighted by Gasteiger charge is 2.20. The van der Waals surface area contributed by atoms with Gasteiger partial charge in [0.05, 0.1) is 11.4 Å². The van der Waals surface area contributed by atoms with Crippen LogP contribution < -0.4 is 21.1 Å². The van der Waals surface area contributed by atoms with Gasteiger partial charge in [0.15, 0.2) is 5.75 Å². The number of anilines is 2. The first kappa shape index (κ1) is 15.4. The number of hydrogen-bond donors (Lipinski definition) is 2. The molecule has 1 aliphatic heterocycles. The maximum atomic E-state index is 11.9. The van der Waals surface area contributed by atoms with Crippen molar-refractivity contribution in [3.05, 3.63) is 29.8 Å². The highest BCUT2D eigenvalue weighted by molar-refractivity contribution is 5.91. The molecule has 1 aromatic rings. The van der Waals surface area contributed by atoms with Gasteiger partial charge in [-0.15, -0.1) is 0 Å². The molecule has 1 atom stereocenters. The first-order valence-electron chi connectivity index (χ1n) is 7.27. The molecule has 1 aromatic carbocycles. The van der Waals surface area contributed by atoms with Gasteiger partial charge in [-0.3, -0.25) is 0 Å². The molecule has 0 aliphatic carbocycles. The van der Waals surface area contributed by atoms with E-state index in [-0.39, 0.29) is 12.0 Å². The monoisotopic (exact) mass is 289 g/mol. The number of nitrogens with two attached hydrogens (primary N) is 2. The van der Waals surface area contributed by atoms with Crippen LogP contribution in [0, 0.1) is 0 Å². The van der Waals surface area contributed by atoms with Crippen LogP contribution in [0.25, 0.3) is 0 Å². The highest BCUT2D eigenvalue weighted by Crippen LogP contribution is 2.33. The van der Waals surface area contributed by atoms with Gasteiger partial charge in [0.2, 0.25) is 0 Å². The minimum Gasteiger partial charge on any atom is -0.421 e. The van der Waals surface area contributed by atoms with Crippen LogP contribution in [0.15, 0.2) is 29.8 Å². The SMILES string of the molecule is CC=C(C)C(=O)Oc1cccc(N2CCC[C@@H](N)C2)c1N. The fourth-order valence-corrected chi connectivity index (χ4v) is 2.42. The lowest BCUT2D eigenvalue weighted by Gasteiger charge is -2.33. The molecule has 1 heterocycles. The third kappa shape index (κ3) is 3.55. The Balaban J connectivity index is 2.21. The summed E-state index contributed by atoms with van der Waals surface area (Å²) in [4.78, 5) is 14.0. The molecule has 0 amide bonds. The summed E-state index contributed by atoms with van der Waals surface area (Å²) >= 11 is 0. The van der Waals surface area contributed by atoms with E-state index in [0.29, 0.717) is 17.0 Å². The van der Waals surface area contributed by atoms with Crippen LogP contribution in [0.4, 0.5) is 11.4 Å². The number of rotatable bonds is 3. The third-order valence-corrected chi connectivity index (χ3v) is 3.80. The molecular formula is C16H23N3O2. The number of allylic oxidation sites excluding steroid dienone is 1. The molecule has 0 spiro atoms. The summed E-state index contributed by atoms with van der Waals surface area (Å²) in [5.74, 6) is 0.0227. The van der Waals surface area contributed by atoms with Gasteiger partial charge >= 0.3 is 5.97 Å². The van der Waals surface area contributed by atoms with Crippen molar-refractivity contribution in [2.75, 3.05) is 23.7 Å². The summed E-state index contributed by atoms with van der Waals surface area (Å²) in [5.41, 5.74) is 14.1. The number of piperidine rings is 1. The van der Waals surface area contributed by atoms with E-state index < -0.39 is 0 Å². The molecule has 114 valence electrons. The lowest BCUT2D eigenvalue weighted by molar-refractivity contribution is -0.130. The van der Waals surface area contributed by atoms with E-state index in [2.05, 4.69) is 4.90 Å². The summed E-state index contributed by atoms with van der Waals surface area (Å²) in [6, 6.07) is 5.66. The number of nitrogen functional groups attached to an aromatic ring is 1. The Bertz CT molecular complexity index is 554. The van der Waals surface area contributed by atoms with Crippen molar-refractivity contribution in [2.45, 2.75) is 32.7 Å². The van der Waals surface area contributed by atoms with Crippen molar-refractivity contribution in [3.63, 3.8) is 0 Å². The largest absolute Gasteiger partial charge is 0.421 e. The predicted molar refractivity (Wildman–Crippen MR) is 85.3 cm³/mol. The molecule has 5 nitrogen and oxygen atoms in total. The zero-order chi connectivity index (χ0) is 15.4. The Labute approximate surface area is 125 Å². The molecule has 2 rings (SSSR count). The van der Waals surface area contributed by atoms with Crippen LogP contribution in [0.1, 0.15) is 26.7 Å². The van der Waals surface area contributed by atoms with E-state index in [1.807, 2.05) is 12.1 Å². The lowest BCUT2D eigenvalue weighted by Crippen LogP contribution is -2.43. The predicted octanol–water partition coefficient (Wildman–Crippen LogP) is 2.07. The molecular weight excluding hydrogens is 266 g/mol. The second kappa shape index (κ2) is 6.63. The van der Waals surface area contributed by atoms with Gasteiger partial charge in [-0.2, -0.15) is 0 Å². The zero-order valence-electron chi connectivity index (χ0n) is 12.6. The van der Waals surface area contributed by atoms with Gasteiger partial charge in [0.1, 0.15) is 0 Å². The molecule has 1 aliphatic rings. The third-order valence-electron chi connectivity index (χ3n) is 3.80. The minimum atomic E-state index is -0.378. The van der Waals surface area contributed by atoms with Gasteiger partial charge < -0.3 is 21.1 Å². The van der Waals surface area contributed by atoms with Crippen LogP contribution in [-0.2, 0) is 4.79 Å². The van der Waals surface area contributed by atoms with Crippen LogP contribution in [0.3, 0.4) is 0 Å².